The highest BCUT2D eigenvalue weighted by molar-refractivity contribution is 9.10. The molecular formula is C10H15BrN2. The topological polar surface area (TPSA) is 38.9 Å². The van der Waals surface area contributed by atoms with Crippen LogP contribution in [0.15, 0.2) is 22.9 Å². The van der Waals surface area contributed by atoms with Crippen LogP contribution < -0.4 is 5.73 Å². The molecule has 2 N–H and O–H groups in total. The lowest BCUT2D eigenvalue weighted by atomic mass is 9.99. The number of rotatable bonds is 3. The van der Waals surface area contributed by atoms with Crippen LogP contribution in [0.25, 0.3) is 0 Å². The fraction of sp³-hybridized carbons (Fsp3) is 0.500. The van der Waals surface area contributed by atoms with Crippen molar-refractivity contribution in [3.05, 3.63) is 28.5 Å². The molecule has 1 aromatic rings. The highest BCUT2D eigenvalue weighted by Gasteiger charge is 2.08. The maximum Gasteiger partial charge on any atom is 0.106 e. The number of nitrogens with two attached hydrogens (primary N) is 1. The summed E-state index contributed by atoms with van der Waals surface area (Å²) in [5, 5.41) is 0. The Hall–Kier alpha value is -0.410. The van der Waals surface area contributed by atoms with Crippen LogP contribution in [0.4, 0.5) is 0 Å². The van der Waals surface area contributed by atoms with Crippen LogP contribution in [0.3, 0.4) is 0 Å². The molecule has 0 unspecified atom stereocenters. The van der Waals surface area contributed by atoms with E-state index < -0.39 is 0 Å². The van der Waals surface area contributed by atoms with E-state index in [0.29, 0.717) is 5.92 Å². The molecule has 13 heavy (non-hydrogen) atoms. The standard InChI is InChI=1S/C10H15BrN2/c1-7(2)5-9(12)8-3-4-13-10(11)6-8/h3-4,6-7,9H,5,12H2,1-2H3/t9-/m0/s1. The fourth-order valence-electron chi connectivity index (χ4n) is 1.29. The third-order valence-corrected chi connectivity index (χ3v) is 2.34. The third-order valence-electron chi connectivity index (χ3n) is 1.90. The molecule has 0 bridgehead atoms. The van der Waals surface area contributed by atoms with Gasteiger partial charge in [-0.15, -0.1) is 0 Å². The van der Waals surface area contributed by atoms with Gasteiger partial charge in [0, 0.05) is 12.2 Å². The zero-order chi connectivity index (χ0) is 9.84. The summed E-state index contributed by atoms with van der Waals surface area (Å²) in [5.74, 6) is 0.627. The molecule has 0 amide bonds. The summed E-state index contributed by atoms with van der Waals surface area (Å²) >= 11 is 3.33. The molecule has 72 valence electrons. The molecule has 0 fully saturated rings. The average Bonchev–Trinajstić information content (AvgIpc) is 2.03. The Balaban J connectivity index is 2.71. The van der Waals surface area contributed by atoms with Crippen LogP contribution in [-0.2, 0) is 0 Å². The predicted molar refractivity (Wildman–Crippen MR) is 58.3 cm³/mol. The molecule has 0 aliphatic carbocycles. The quantitative estimate of drug-likeness (QED) is 0.829. The van der Waals surface area contributed by atoms with Gasteiger partial charge in [0.05, 0.1) is 0 Å². The van der Waals surface area contributed by atoms with Gasteiger partial charge in [-0.25, -0.2) is 4.98 Å². The number of hydrogen-bond acceptors (Lipinski definition) is 2. The van der Waals surface area contributed by atoms with E-state index in [1.54, 1.807) is 6.20 Å². The van der Waals surface area contributed by atoms with Crippen LogP contribution in [0.1, 0.15) is 31.9 Å². The van der Waals surface area contributed by atoms with Gasteiger partial charge in [-0.2, -0.15) is 0 Å². The van der Waals surface area contributed by atoms with Crippen molar-refractivity contribution in [3.63, 3.8) is 0 Å². The van der Waals surface area contributed by atoms with Crippen molar-refractivity contribution < 1.29 is 0 Å². The Morgan fingerprint density at radius 3 is 2.77 bits per heavy atom. The van der Waals surface area contributed by atoms with Gasteiger partial charge >= 0.3 is 0 Å². The third kappa shape index (κ3) is 3.44. The molecule has 0 aliphatic heterocycles. The first-order valence-corrected chi connectivity index (χ1v) is 5.26. The molecule has 0 spiro atoms. The number of nitrogens with zero attached hydrogens (tertiary/aromatic N) is 1. The molecule has 0 radical (unpaired) electrons. The Bertz CT molecular complexity index is 273. The van der Waals surface area contributed by atoms with E-state index in [1.807, 2.05) is 12.1 Å². The first-order valence-electron chi connectivity index (χ1n) is 4.46. The molecular weight excluding hydrogens is 228 g/mol. The molecule has 3 heteroatoms. The van der Waals surface area contributed by atoms with Crippen molar-refractivity contribution in [2.75, 3.05) is 0 Å². The summed E-state index contributed by atoms with van der Waals surface area (Å²) in [7, 11) is 0. The van der Waals surface area contributed by atoms with Crippen LogP contribution in [0, 0.1) is 5.92 Å². The molecule has 1 atom stereocenters. The maximum atomic E-state index is 6.02. The SMILES string of the molecule is CC(C)C[C@H](N)c1ccnc(Br)c1. The van der Waals surface area contributed by atoms with E-state index in [1.165, 1.54) is 0 Å². The van der Waals surface area contributed by atoms with Gasteiger partial charge in [-0.05, 0) is 46.0 Å². The van der Waals surface area contributed by atoms with Crippen LogP contribution in [0.2, 0.25) is 0 Å². The fourth-order valence-corrected chi connectivity index (χ4v) is 1.67. The lowest BCUT2D eigenvalue weighted by molar-refractivity contribution is 0.509. The van der Waals surface area contributed by atoms with Crippen molar-refractivity contribution in [2.45, 2.75) is 26.3 Å². The number of hydrogen-bond donors (Lipinski definition) is 1. The molecule has 0 saturated heterocycles. The Morgan fingerprint density at radius 1 is 1.54 bits per heavy atom. The largest absolute Gasteiger partial charge is 0.324 e. The molecule has 1 heterocycles. The summed E-state index contributed by atoms with van der Waals surface area (Å²) in [6.07, 6.45) is 2.79. The van der Waals surface area contributed by atoms with Gasteiger partial charge in [0.2, 0.25) is 0 Å². The Kier molecular flexibility index (Phi) is 3.88. The molecule has 0 aliphatic rings. The second-order valence-corrected chi connectivity index (χ2v) is 4.46. The summed E-state index contributed by atoms with van der Waals surface area (Å²) < 4.78 is 0.851. The minimum atomic E-state index is 0.124. The summed E-state index contributed by atoms with van der Waals surface area (Å²) in [5.41, 5.74) is 7.16. The van der Waals surface area contributed by atoms with Gasteiger partial charge < -0.3 is 5.73 Å². The van der Waals surface area contributed by atoms with Crippen molar-refractivity contribution in [1.82, 2.24) is 4.98 Å². The van der Waals surface area contributed by atoms with E-state index in [9.17, 15) is 0 Å². The monoisotopic (exact) mass is 242 g/mol. The van der Waals surface area contributed by atoms with E-state index in [-0.39, 0.29) is 6.04 Å². The van der Waals surface area contributed by atoms with E-state index in [0.717, 1.165) is 16.6 Å². The minimum absolute atomic E-state index is 0.124. The summed E-state index contributed by atoms with van der Waals surface area (Å²) in [6, 6.07) is 4.07. The van der Waals surface area contributed by atoms with Gasteiger partial charge in [0.1, 0.15) is 4.60 Å². The van der Waals surface area contributed by atoms with E-state index in [4.69, 9.17) is 5.73 Å². The molecule has 1 rings (SSSR count). The van der Waals surface area contributed by atoms with Crippen molar-refractivity contribution in [1.29, 1.82) is 0 Å². The second kappa shape index (κ2) is 4.72. The van der Waals surface area contributed by atoms with Crippen molar-refractivity contribution >= 4 is 15.9 Å². The second-order valence-electron chi connectivity index (χ2n) is 3.65. The highest BCUT2D eigenvalue weighted by Crippen LogP contribution is 2.20. The van der Waals surface area contributed by atoms with E-state index >= 15 is 0 Å². The maximum absolute atomic E-state index is 6.02. The van der Waals surface area contributed by atoms with Crippen molar-refractivity contribution in [2.24, 2.45) is 11.7 Å². The number of halogens is 1. The van der Waals surface area contributed by atoms with Gasteiger partial charge in [0.15, 0.2) is 0 Å². The Morgan fingerprint density at radius 2 is 2.23 bits per heavy atom. The first-order chi connectivity index (χ1) is 6.09. The first kappa shape index (κ1) is 10.7. The average molecular weight is 243 g/mol. The zero-order valence-electron chi connectivity index (χ0n) is 8.00. The zero-order valence-corrected chi connectivity index (χ0v) is 9.58. The molecule has 1 aromatic heterocycles. The summed E-state index contributed by atoms with van der Waals surface area (Å²) in [4.78, 5) is 4.06. The molecule has 0 saturated carbocycles. The highest BCUT2D eigenvalue weighted by atomic mass is 79.9. The van der Waals surface area contributed by atoms with Crippen LogP contribution >= 0.6 is 15.9 Å². The smallest absolute Gasteiger partial charge is 0.106 e. The van der Waals surface area contributed by atoms with Crippen molar-refractivity contribution in [3.8, 4) is 0 Å². The number of pyridine rings is 1. The predicted octanol–water partition coefficient (Wildman–Crippen LogP) is 2.89. The molecule has 0 aromatic carbocycles. The van der Waals surface area contributed by atoms with E-state index in [2.05, 4.69) is 34.8 Å². The van der Waals surface area contributed by atoms with Gasteiger partial charge in [-0.3, -0.25) is 0 Å². The van der Waals surface area contributed by atoms with Gasteiger partial charge in [0.25, 0.3) is 0 Å². The summed E-state index contributed by atoms with van der Waals surface area (Å²) in [6.45, 7) is 4.35. The molecule has 2 nitrogen and oxygen atoms in total. The number of aromatic nitrogens is 1. The minimum Gasteiger partial charge on any atom is -0.324 e. The normalized spacial score (nSPS) is 13.3. The van der Waals surface area contributed by atoms with Crippen LogP contribution in [0.5, 0.6) is 0 Å². The van der Waals surface area contributed by atoms with Crippen LogP contribution in [-0.4, -0.2) is 4.98 Å². The Labute approximate surface area is 87.7 Å². The van der Waals surface area contributed by atoms with Gasteiger partial charge in [-0.1, -0.05) is 13.8 Å². The lowest BCUT2D eigenvalue weighted by Crippen LogP contribution is -2.12. The lowest BCUT2D eigenvalue weighted by Gasteiger charge is -2.14.